The Labute approximate surface area is 170 Å². The Kier molecular flexibility index (Phi) is 6.69. The van der Waals surface area contributed by atoms with E-state index in [1.54, 1.807) is 18.9 Å². The SMILES string of the molecule is COc1ccc(C(=S)/C=C(\Nc2ccc(C)cc2)Sc2ccccc2)cc1. The van der Waals surface area contributed by atoms with Crippen molar-refractivity contribution in [2.75, 3.05) is 12.4 Å². The average molecular weight is 392 g/mol. The van der Waals surface area contributed by atoms with Gasteiger partial charge < -0.3 is 10.1 Å². The van der Waals surface area contributed by atoms with Gasteiger partial charge in [-0.1, -0.05) is 59.9 Å². The van der Waals surface area contributed by atoms with Gasteiger partial charge in [0.1, 0.15) is 5.75 Å². The van der Waals surface area contributed by atoms with Gasteiger partial charge in [0.05, 0.1) is 12.1 Å². The van der Waals surface area contributed by atoms with Crippen molar-refractivity contribution in [3.63, 3.8) is 0 Å². The topological polar surface area (TPSA) is 21.3 Å². The lowest BCUT2D eigenvalue weighted by molar-refractivity contribution is 0.415. The van der Waals surface area contributed by atoms with Crippen molar-refractivity contribution in [2.45, 2.75) is 11.8 Å². The zero-order chi connectivity index (χ0) is 19.1. The Bertz CT molecular complexity index is 917. The predicted octanol–water partition coefficient (Wildman–Crippen LogP) is 6.47. The van der Waals surface area contributed by atoms with Crippen molar-refractivity contribution < 1.29 is 4.74 Å². The van der Waals surface area contributed by atoms with Crippen molar-refractivity contribution in [3.05, 3.63) is 101 Å². The number of hydrogen-bond donors (Lipinski definition) is 1. The van der Waals surface area contributed by atoms with Gasteiger partial charge in [0.2, 0.25) is 0 Å². The van der Waals surface area contributed by atoms with Crippen molar-refractivity contribution >= 4 is 34.5 Å². The van der Waals surface area contributed by atoms with E-state index < -0.39 is 0 Å². The summed E-state index contributed by atoms with van der Waals surface area (Å²) in [5.41, 5.74) is 3.26. The number of ether oxygens (including phenoxy) is 1. The highest BCUT2D eigenvalue weighted by Gasteiger charge is 2.06. The number of hydrogen-bond acceptors (Lipinski definition) is 4. The minimum Gasteiger partial charge on any atom is -0.497 e. The van der Waals surface area contributed by atoms with Gasteiger partial charge in [0, 0.05) is 15.4 Å². The summed E-state index contributed by atoms with van der Waals surface area (Å²) < 4.78 is 5.22. The molecule has 4 heteroatoms. The number of benzene rings is 3. The second-order valence-electron chi connectivity index (χ2n) is 6.01. The second kappa shape index (κ2) is 9.40. The molecule has 0 heterocycles. The first-order valence-corrected chi connectivity index (χ1v) is 9.83. The van der Waals surface area contributed by atoms with E-state index in [1.807, 2.05) is 48.5 Å². The van der Waals surface area contributed by atoms with E-state index in [2.05, 4.69) is 48.6 Å². The summed E-state index contributed by atoms with van der Waals surface area (Å²) >= 11 is 7.32. The highest BCUT2D eigenvalue weighted by atomic mass is 32.2. The molecule has 27 heavy (non-hydrogen) atoms. The van der Waals surface area contributed by atoms with Crippen molar-refractivity contribution in [2.24, 2.45) is 0 Å². The Morgan fingerprint density at radius 1 is 0.926 bits per heavy atom. The molecule has 3 aromatic carbocycles. The van der Waals surface area contributed by atoms with Gasteiger partial charge in [-0.3, -0.25) is 0 Å². The summed E-state index contributed by atoms with van der Waals surface area (Å²) in [7, 11) is 1.66. The second-order valence-corrected chi connectivity index (χ2v) is 7.56. The Morgan fingerprint density at radius 3 is 2.22 bits per heavy atom. The molecule has 0 unspecified atom stereocenters. The van der Waals surface area contributed by atoms with E-state index in [9.17, 15) is 0 Å². The van der Waals surface area contributed by atoms with Gasteiger partial charge in [-0.2, -0.15) is 0 Å². The number of allylic oxidation sites excluding steroid dienone is 1. The van der Waals surface area contributed by atoms with Crippen LogP contribution in [-0.2, 0) is 0 Å². The van der Waals surface area contributed by atoms with Crippen LogP contribution in [0.5, 0.6) is 5.75 Å². The van der Waals surface area contributed by atoms with Gasteiger partial charge in [0.15, 0.2) is 0 Å². The van der Waals surface area contributed by atoms with Crippen LogP contribution in [0.25, 0.3) is 0 Å². The maximum atomic E-state index is 5.66. The van der Waals surface area contributed by atoms with E-state index in [0.29, 0.717) is 0 Å². The number of thiocarbonyl (C=S) groups is 1. The number of anilines is 1. The minimum absolute atomic E-state index is 0.774. The van der Waals surface area contributed by atoms with Gasteiger partial charge in [-0.25, -0.2) is 0 Å². The molecule has 0 amide bonds. The standard InChI is InChI=1S/C23H21NOS2/c1-17-8-12-19(13-9-17)24-23(27-21-6-4-3-5-7-21)16-22(26)18-10-14-20(25-2)15-11-18/h3-16,24H,1-2H3/b23-16+. The molecule has 0 aliphatic heterocycles. The lowest BCUT2D eigenvalue weighted by Gasteiger charge is -2.12. The molecule has 0 atom stereocenters. The monoisotopic (exact) mass is 391 g/mol. The van der Waals surface area contributed by atoms with E-state index in [0.717, 1.165) is 31.8 Å². The molecule has 2 nitrogen and oxygen atoms in total. The van der Waals surface area contributed by atoms with Crippen LogP contribution in [0.2, 0.25) is 0 Å². The summed E-state index contributed by atoms with van der Waals surface area (Å²) in [6, 6.07) is 26.4. The van der Waals surface area contributed by atoms with Crippen molar-refractivity contribution in [1.82, 2.24) is 0 Å². The zero-order valence-electron chi connectivity index (χ0n) is 15.3. The summed E-state index contributed by atoms with van der Waals surface area (Å²) in [5.74, 6) is 0.821. The predicted molar refractivity (Wildman–Crippen MR) is 120 cm³/mol. The molecule has 3 aromatic rings. The molecule has 0 spiro atoms. The van der Waals surface area contributed by atoms with E-state index in [1.165, 1.54) is 5.56 Å². The van der Waals surface area contributed by atoms with Crippen LogP contribution in [0.15, 0.2) is 94.9 Å². The van der Waals surface area contributed by atoms with Gasteiger partial charge in [-0.15, -0.1) is 0 Å². The molecular formula is C23H21NOS2. The third-order valence-electron chi connectivity index (χ3n) is 3.93. The molecule has 0 saturated heterocycles. The first kappa shape index (κ1) is 19.2. The molecule has 0 saturated carbocycles. The van der Waals surface area contributed by atoms with E-state index in [4.69, 9.17) is 17.0 Å². The maximum absolute atomic E-state index is 5.66. The Morgan fingerprint density at radius 2 is 1.59 bits per heavy atom. The van der Waals surface area contributed by atoms with Crippen LogP contribution in [0, 0.1) is 6.92 Å². The fourth-order valence-electron chi connectivity index (χ4n) is 2.44. The molecular weight excluding hydrogens is 370 g/mol. The summed E-state index contributed by atoms with van der Waals surface area (Å²) in [4.78, 5) is 1.93. The normalized spacial score (nSPS) is 11.1. The number of thioether (sulfide) groups is 1. The summed E-state index contributed by atoms with van der Waals surface area (Å²) in [6.07, 6.45) is 2.01. The van der Waals surface area contributed by atoms with Crippen molar-refractivity contribution in [3.8, 4) is 5.75 Å². The average Bonchev–Trinajstić information content (AvgIpc) is 2.70. The molecule has 0 aromatic heterocycles. The summed E-state index contributed by atoms with van der Waals surface area (Å²) in [5, 5.41) is 4.47. The first-order chi connectivity index (χ1) is 13.1. The van der Waals surface area contributed by atoms with E-state index >= 15 is 0 Å². The Balaban J connectivity index is 1.85. The fraction of sp³-hybridized carbons (Fsp3) is 0.0870. The molecule has 0 aliphatic carbocycles. The number of aryl methyl sites for hydroxylation is 1. The highest BCUT2D eigenvalue weighted by Crippen LogP contribution is 2.28. The Hall–Kier alpha value is -2.56. The third kappa shape index (κ3) is 5.71. The molecule has 0 aliphatic rings. The van der Waals surface area contributed by atoms with Crippen LogP contribution >= 0.6 is 24.0 Å². The zero-order valence-corrected chi connectivity index (χ0v) is 16.9. The lowest BCUT2D eigenvalue weighted by atomic mass is 10.1. The smallest absolute Gasteiger partial charge is 0.118 e. The highest BCUT2D eigenvalue weighted by molar-refractivity contribution is 8.03. The van der Waals surface area contributed by atoms with Gasteiger partial charge in [-0.05, 0) is 67.1 Å². The largest absolute Gasteiger partial charge is 0.497 e. The number of methoxy groups -OCH3 is 1. The number of rotatable bonds is 7. The van der Waals surface area contributed by atoms with Crippen molar-refractivity contribution in [1.29, 1.82) is 0 Å². The third-order valence-corrected chi connectivity index (χ3v) is 5.23. The maximum Gasteiger partial charge on any atom is 0.118 e. The lowest BCUT2D eigenvalue weighted by Crippen LogP contribution is -2.01. The fourth-order valence-corrected chi connectivity index (χ4v) is 3.66. The molecule has 0 fully saturated rings. The van der Waals surface area contributed by atoms with E-state index in [-0.39, 0.29) is 0 Å². The molecule has 136 valence electrons. The molecule has 1 N–H and O–H groups in total. The van der Waals surface area contributed by atoms with Crippen LogP contribution in [-0.4, -0.2) is 12.0 Å². The molecule has 0 radical (unpaired) electrons. The van der Waals surface area contributed by atoms with Crippen LogP contribution in [0.3, 0.4) is 0 Å². The number of nitrogens with one attached hydrogen (secondary N) is 1. The minimum atomic E-state index is 0.774. The van der Waals surface area contributed by atoms with Gasteiger partial charge in [0.25, 0.3) is 0 Å². The van der Waals surface area contributed by atoms with Crippen LogP contribution in [0.4, 0.5) is 5.69 Å². The molecule has 3 rings (SSSR count). The van der Waals surface area contributed by atoms with Crippen LogP contribution in [0.1, 0.15) is 11.1 Å². The van der Waals surface area contributed by atoms with Gasteiger partial charge >= 0.3 is 0 Å². The summed E-state index contributed by atoms with van der Waals surface area (Å²) in [6.45, 7) is 2.08. The molecule has 0 bridgehead atoms. The quantitative estimate of drug-likeness (QED) is 0.216. The van der Waals surface area contributed by atoms with Crippen LogP contribution < -0.4 is 10.1 Å². The first-order valence-electron chi connectivity index (χ1n) is 8.61.